The molecule has 0 aromatic carbocycles. The van der Waals surface area contributed by atoms with Gasteiger partial charge in [-0.15, -0.1) is 0 Å². The Bertz CT molecular complexity index is 1280. The normalized spacial score (nSPS) is 19.2. The van der Waals surface area contributed by atoms with Gasteiger partial charge in [0.1, 0.15) is 24.4 Å². The number of hydrogen-bond donors (Lipinski definition) is 6. The van der Waals surface area contributed by atoms with E-state index in [9.17, 15) is 38.2 Å². The molecule has 1 heterocycles. The summed E-state index contributed by atoms with van der Waals surface area (Å²) in [7, 11) is -5.08. The molecule has 0 spiro atoms. The third-order valence-corrected chi connectivity index (χ3v) is 15.6. The van der Waals surface area contributed by atoms with Crippen molar-refractivity contribution >= 4 is 16.3 Å². The van der Waals surface area contributed by atoms with Crippen molar-refractivity contribution in [2.45, 2.75) is 358 Å². The zero-order valence-electron chi connectivity index (χ0n) is 46.8. The summed E-state index contributed by atoms with van der Waals surface area (Å²) in [4.78, 5) is 13.2. The molecule has 1 amide bonds. The molecule has 1 aliphatic rings. The van der Waals surface area contributed by atoms with E-state index in [-0.39, 0.29) is 12.5 Å². The molecule has 1 saturated heterocycles. The first kappa shape index (κ1) is 69.1. The predicted octanol–water partition coefficient (Wildman–Crippen LogP) is 14.9. The third-order valence-electron chi connectivity index (χ3n) is 15.2. The van der Waals surface area contributed by atoms with Gasteiger partial charge in [0.2, 0.25) is 5.91 Å². The maximum absolute atomic E-state index is 13.2. The molecule has 0 bridgehead atoms. The maximum atomic E-state index is 13.2. The maximum Gasteiger partial charge on any atom is 0.397 e. The molecule has 7 unspecified atom stereocenters. The molecule has 430 valence electrons. The Morgan fingerprint density at radius 2 is 0.806 bits per heavy atom. The standard InChI is InChI=1S/C59H117NO11S/c1-3-5-7-9-11-13-15-17-19-21-23-24-25-26-27-28-29-30-31-33-35-37-39-41-43-45-47-49-55(63)60-52(51-69-59-57(65)58(71-72(66,67)68)56(64)54(50-61)70-59)53(62)48-46-44-42-40-38-36-34-32-22-20-18-16-14-12-10-8-6-4-2/h52-54,56-59,61-62,64-65H,3-51H2,1-2H3,(H,60,63)(H,66,67,68). The van der Waals surface area contributed by atoms with E-state index >= 15 is 0 Å². The molecule has 0 aromatic heterocycles. The van der Waals surface area contributed by atoms with E-state index in [1.165, 1.54) is 238 Å². The van der Waals surface area contributed by atoms with Gasteiger partial charge in [-0.3, -0.25) is 9.35 Å². The van der Waals surface area contributed by atoms with Crippen molar-refractivity contribution in [3.05, 3.63) is 0 Å². The Labute approximate surface area is 443 Å². The molecule has 0 aromatic rings. The average Bonchev–Trinajstić information content (AvgIpc) is 3.36. The lowest BCUT2D eigenvalue weighted by Gasteiger charge is -2.41. The summed E-state index contributed by atoms with van der Waals surface area (Å²) in [6.07, 6.45) is 49.7. The molecule has 1 fully saturated rings. The van der Waals surface area contributed by atoms with Crippen molar-refractivity contribution in [1.29, 1.82) is 0 Å². The number of amides is 1. The van der Waals surface area contributed by atoms with Crippen LogP contribution >= 0.6 is 0 Å². The van der Waals surface area contributed by atoms with Crippen LogP contribution in [0.25, 0.3) is 0 Å². The Morgan fingerprint density at radius 1 is 0.500 bits per heavy atom. The van der Waals surface area contributed by atoms with Gasteiger partial charge in [-0.1, -0.05) is 296 Å². The molecule has 1 aliphatic heterocycles. The van der Waals surface area contributed by atoms with Gasteiger partial charge in [-0.2, -0.15) is 8.42 Å². The fraction of sp³-hybridized carbons (Fsp3) is 0.983. The molecule has 6 N–H and O–H groups in total. The monoisotopic (exact) mass is 1050 g/mol. The minimum Gasteiger partial charge on any atom is -0.394 e. The van der Waals surface area contributed by atoms with Crippen molar-refractivity contribution in [3.8, 4) is 0 Å². The first-order valence-corrected chi connectivity index (χ1v) is 32.3. The SMILES string of the molecule is CCCCCCCCCCCCCCCCCCCCCCCCCCCCCC(=O)NC(COC1OC(CO)C(O)C(OS(=O)(=O)O)C1O)C(O)CCCCCCCCCCCCCCCCCCCC. The average molecular weight is 1050 g/mol. The highest BCUT2D eigenvalue weighted by atomic mass is 32.3. The topological polar surface area (TPSA) is 192 Å². The Hall–Kier alpha value is -0.900. The Morgan fingerprint density at radius 3 is 1.11 bits per heavy atom. The third kappa shape index (κ3) is 41.3. The molecule has 1 rings (SSSR count). The van der Waals surface area contributed by atoms with E-state index in [1.807, 2.05) is 0 Å². The van der Waals surface area contributed by atoms with Crippen molar-refractivity contribution < 1.29 is 51.8 Å². The highest BCUT2D eigenvalue weighted by Crippen LogP contribution is 2.26. The van der Waals surface area contributed by atoms with Crippen molar-refractivity contribution in [1.82, 2.24) is 5.32 Å². The molecule has 12 nitrogen and oxygen atoms in total. The molecule has 0 aliphatic carbocycles. The van der Waals surface area contributed by atoms with E-state index in [4.69, 9.17) is 9.47 Å². The van der Waals surface area contributed by atoms with Crippen LogP contribution in [0.5, 0.6) is 0 Å². The van der Waals surface area contributed by atoms with Gasteiger partial charge in [0.25, 0.3) is 0 Å². The van der Waals surface area contributed by atoms with Gasteiger partial charge in [0.15, 0.2) is 6.29 Å². The van der Waals surface area contributed by atoms with Crippen molar-refractivity contribution in [3.63, 3.8) is 0 Å². The van der Waals surface area contributed by atoms with Gasteiger partial charge in [0, 0.05) is 6.42 Å². The number of aliphatic hydroxyl groups excluding tert-OH is 4. The highest BCUT2D eigenvalue weighted by molar-refractivity contribution is 7.80. The van der Waals surface area contributed by atoms with Crippen LogP contribution in [0, 0.1) is 0 Å². The number of ether oxygens (including phenoxy) is 2. The highest BCUT2D eigenvalue weighted by Gasteiger charge is 2.48. The van der Waals surface area contributed by atoms with E-state index < -0.39 is 59.9 Å². The van der Waals surface area contributed by atoms with Gasteiger partial charge >= 0.3 is 10.4 Å². The molecular formula is C59H117NO11S. The summed E-state index contributed by atoms with van der Waals surface area (Å²) in [5, 5.41) is 45.2. The fourth-order valence-corrected chi connectivity index (χ4v) is 10.9. The van der Waals surface area contributed by atoms with Gasteiger partial charge < -0.3 is 35.2 Å². The van der Waals surface area contributed by atoms with E-state index in [1.54, 1.807) is 0 Å². The van der Waals surface area contributed by atoms with Gasteiger partial charge in [-0.05, 0) is 12.8 Å². The minimum atomic E-state index is -5.08. The summed E-state index contributed by atoms with van der Waals surface area (Å²) >= 11 is 0. The fourth-order valence-electron chi connectivity index (χ4n) is 10.4. The quantitative estimate of drug-likeness (QED) is 0.0251. The number of unbranched alkanes of at least 4 members (excludes halogenated alkanes) is 43. The van der Waals surface area contributed by atoms with Crippen molar-refractivity contribution in [2.75, 3.05) is 13.2 Å². The van der Waals surface area contributed by atoms with Crippen LogP contribution in [0.3, 0.4) is 0 Å². The van der Waals surface area contributed by atoms with E-state index in [0.29, 0.717) is 12.8 Å². The Kier molecular flexibility index (Phi) is 47.7. The van der Waals surface area contributed by atoms with Crippen LogP contribution in [0.15, 0.2) is 0 Å². The number of carbonyl (C=O) groups is 1. The second-order valence-electron chi connectivity index (χ2n) is 22.0. The first-order chi connectivity index (χ1) is 35.0. The smallest absolute Gasteiger partial charge is 0.394 e. The first-order valence-electron chi connectivity index (χ1n) is 30.9. The minimum absolute atomic E-state index is 0.221. The zero-order chi connectivity index (χ0) is 52.6. The van der Waals surface area contributed by atoms with E-state index in [0.717, 1.165) is 51.4 Å². The molecule has 7 atom stereocenters. The molecular weight excluding hydrogens is 931 g/mol. The summed E-state index contributed by atoms with van der Waals surface area (Å²) in [5.74, 6) is -0.221. The molecule has 0 saturated carbocycles. The van der Waals surface area contributed by atoms with Crippen LogP contribution in [0.1, 0.15) is 316 Å². The van der Waals surface area contributed by atoms with E-state index in [2.05, 4.69) is 23.3 Å². The van der Waals surface area contributed by atoms with Gasteiger partial charge in [-0.25, -0.2) is 4.18 Å². The molecule has 72 heavy (non-hydrogen) atoms. The van der Waals surface area contributed by atoms with Crippen LogP contribution in [-0.4, -0.2) is 95.4 Å². The molecule has 13 heteroatoms. The number of aliphatic hydroxyl groups is 4. The summed E-state index contributed by atoms with van der Waals surface area (Å²) < 4.78 is 48.0. The summed E-state index contributed by atoms with van der Waals surface area (Å²) in [5.41, 5.74) is 0. The van der Waals surface area contributed by atoms with Crippen LogP contribution in [0.4, 0.5) is 0 Å². The van der Waals surface area contributed by atoms with Gasteiger partial charge in [0.05, 0.1) is 25.4 Å². The lowest BCUT2D eigenvalue weighted by Crippen LogP contribution is -2.61. The summed E-state index contributed by atoms with van der Waals surface area (Å²) in [6.45, 7) is 3.51. The summed E-state index contributed by atoms with van der Waals surface area (Å²) in [6, 6.07) is -0.853. The number of rotatable bonds is 55. The van der Waals surface area contributed by atoms with Crippen LogP contribution < -0.4 is 5.32 Å². The number of nitrogens with one attached hydrogen (secondary N) is 1. The Balaban J connectivity index is 2.28. The van der Waals surface area contributed by atoms with Crippen molar-refractivity contribution in [2.24, 2.45) is 0 Å². The van der Waals surface area contributed by atoms with Crippen LogP contribution in [-0.2, 0) is 28.9 Å². The lowest BCUT2D eigenvalue weighted by atomic mass is 9.99. The van der Waals surface area contributed by atoms with Crippen LogP contribution in [0.2, 0.25) is 0 Å². The zero-order valence-corrected chi connectivity index (χ0v) is 47.6. The number of hydrogen-bond acceptors (Lipinski definition) is 10. The predicted molar refractivity (Wildman–Crippen MR) is 296 cm³/mol. The second kappa shape index (κ2) is 49.7. The molecule has 0 radical (unpaired) electrons. The largest absolute Gasteiger partial charge is 0.397 e. The number of carbonyl (C=O) groups excluding carboxylic acids is 1. The lowest BCUT2D eigenvalue weighted by molar-refractivity contribution is -0.298. The second-order valence-corrected chi connectivity index (χ2v) is 23.1.